The lowest BCUT2D eigenvalue weighted by Gasteiger charge is -2.17. The fourth-order valence-electron chi connectivity index (χ4n) is 2.08. The molecule has 0 bridgehead atoms. The molecule has 0 amide bonds. The number of aryl methyl sites for hydroxylation is 1. The zero-order chi connectivity index (χ0) is 15.2. The molecule has 0 saturated heterocycles. The van der Waals surface area contributed by atoms with Crippen LogP contribution in [0.2, 0.25) is 0 Å². The molecule has 2 rings (SSSR count). The van der Waals surface area contributed by atoms with Crippen molar-refractivity contribution in [3.63, 3.8) is 0 Å². The van der Waals surface area contributed by atoms with Crippen molar-refractivity contribution in [2.75, 3.05) is 13.7 Å². The third-order valence-electron chi connectivity index (χ3n) is 3.26. The highest BCUT2D eigenvalue weighted by atomic mass is 16.5. The van der Waals surface area contributed by atoms with Gasteiger partial charge in [-0.15, -0.1) is 0 Å². The van der Waals surface area contributed by atoms with Crippen LogP contribution in [0.15, 0.2) is 48.5 Å². The normalized spacial score (nSPS) is 11.7. The van der Waals surface area contributed by atoms with Gasteiger partial charge in [-0.25, -0.2) is 0 Å². The molecule has 0 aliphatic carbocycles. The number of esters is 1. The van der Waals surface area contributed by atoms with E-state index in [2.05, 4.69) is 0 Å². The first-order chi connectivity index (χ1) is 10.1. The minimum Gasteiger partial charge on any atom is -0.508 e. The third-order valence-corrected chi connectivity index (χ3v) is 3.26. The Bertz CT molecular complexity index is 622. The summed E-state index contributed by atoms with van der Waals surface area (Å²) >= 11 is 0. The zero-order valence-electron chi connectivity index (χ0n) is 12.1. The number of phenols is 1. The molecule has 0 aliphatic rings. The second-order valence-corrected chi connectivity index (χ2v) is 4.75. The van der Waals surface area contributed by atoms with Crippen molar-refractivity contribution < 1.29 is 19.4 Å². The minimum atomic E-state index is -0.582. The van der Waals surface area contributed by atoms with Crippen LogP contribution in [-0.2, 0) is 9.53 Å². The Morgan fingerprint density at radius 1 is 1.19 bits per heavy atom. The molecule has 21 heavy (non-hydrogen) atoms. The van der Waals surface area contributed by atoms with Crippen molar-refractivity contribution in [1.29, 1.82) is 0 Å². The molecule has 2 aromatic rings. The molecule has 1 unspecified atom stereocenters. The second kappa shape index (κ2) is 6.79. The summed E-state index contributed by atoms with van der Waals surface area (Å²) in [6, 6.07) is 14.2. The highest BCUT2D eigenvalue weighted by molar-refractivity contribution is 5.78. The van der Waals surface area contributed by atoms with E-state index < -0.39 is 11.9 Å². The van der Waals surface area contributed by atoms with Gasteiger partial charge in [-0.3, -0.25) is 4.79 Å². The molecule has 0 heterocycles. The molecule has 1 atom stereocenters. The second-order valence-electron chi connectivity index (χ2n) is 4.75. The van der Waals surface area contributed by atoms with Gasteiger partial charge in [-0.05, 0) is 36.2 Å². The summed E-state index contributed by atoms with van der Waals surface area (Å²) in [7, 11) is 1.34. The highest BCUT2D eigenvalue weighted by Gasteiger charge is 2.23. The molecule has 0 aliphatic heterocycles. The van der Waals surface area contributed by atoms with Gasteiger partial charge in [0.15, 0.2) is 0 Å². The van der Waals surface area contributed by atoms with Gasteiger partial charge in [-0.2, -0.15) is 0 Å². The number of hydrogen-bond donors (Lipinski definition) is 1. The number of carbonyl (C=O) groups excluding carboxylic acids is 1. The van der Waals surface area contributed by atoms with Crippen LogP contribution >= 0.6 is 0 Å². The van der Waals surface area contributed by atoms with E-state index in [-0.39, 0.29) is 12.4 Å². The summed E-state index contributed by atoms with van der Waals surface area (Å²) in [5.74, 6) is -0.139. The Morgan fingerprint density at radius 3 is 2.62 bits per heavy atom. The summed E-state index contributed by atoms with van der Waals surface area (Å²) < 4.78 is 10.6. The van der Waals surface area contributed by atoms with Crippen LogP contribution in [0, 0.1) is 6.92 Å². The predicted molar refractivity (Wildman–Crippen MR) is 79.5 cm³/mol. The summed E-state index contributed by atoms with van der Waals surface area (Å²) in [6.07, 6.45) is 0. The number of hydrogen-bond acceptors (Lipinski definition) is 4. The number of para-hydroxylation sites is 1. The fourth-order valence-corrected chi connectivity index (χ4v) is 2.08. The Kier molecular flexibility index (Phi) is 4.82. The van der Waals surface area contributed by atoms with Gasteiger partial charge in [0.2, 0.25) is 0 Å². The van der Waals surface area contributed by atoms with Crippen molar-refractivity contribution in [3.8, 4) is 11.5 Å². The van der Waals surface area contributed by atoms with Crippen molar-refractivity contribution in [3.05, 3.63) is 59.7 Å². The molecule has 4 nitrogen and oxygen atoms in total. The maximum atomic E-state index is 11.9. The molecule has 1 N–H and O–H groups in total. The first kappa shape index (κ1) is 14.9. The molecule has 0 aromatic heterocycles. The van der Waals surface area contributed by atoms with E-state index in [0.717, 1.165) is 11.3 Å². The van der Waals surface area contributed by atoms with Gasteiger partial charge in [0.1, 0.15) is 24.0 Å². The average molecular weight is 286 g/mol. The average Bonchev–Trinajstić information content (AvgIpc) is 2.49. The van der Waals surface area contributed by atoms with E-state index in [1.165, 1.54) is 7.11 Å². The zero-order valence-corrected chi connectivity index (χ0v) is 12.1. The molecular formula is C17H18O4. The first-order valence-corrected chi connectivity index (χ1v) is 6.67. The van der Waals surface area contributed by atoms with Gasteiger partial charge in [-0.1, -0.05) is 30.3 Å². The molecule has 0 radical (unpaired) electrons. The number of rotatable bonds is 5. The Labute approximate surface area is 123 Å². The maximum absolute atomic E-state index is 11.9. The van der Waals surface area contributed by atoms with Crippen LogP contribution in [0.25, 0.3) is 0 Å². The monoisotopic (exact) mass is 286 g/mol. The van der Waals surface area contributed by atoms with Gasteiger partial charge in [0, 0.05) is 0 Å². The quantitative estimate of drug-likeness (QED) is 0.858. The van der Waals surface area contributed by atoms with E-state index in [9.17, 15) is 9.90 Å². The Morgan fingerprint density at radius 2 is 1.95 bits per heavy atom. The van der Waals surface area contributed by atoms with E-state index in [4.69, 9.17) is 9.47 Å². The number of carbonyl (C=O) groups is 1. The fraction of sp³-hybridized carbons (Fsp3) is 0.235. The van der Waals surface area contributed by atoms with Gasteiger partial charge < -0.3 is 14.6 Å². The number of benzene rings is 2. The van der Waals surface area contributed by atoms with Crippen LogP contribution in [0.5, 0.6) is 11.5 Å². The number of phenolic OH excluding ortho intramolecular Hbond substituents is 1. The lowest BCUT2D eigenvalue weighted by Crippen LogP contribution is -2.21. The van der Waals surface area contributed by atoms with Crippen molar-refractivity contribution in [2.45, 2.75) is 12.8 Å². The van der Waals surface area contributed by atoms with Crippen molar-refractivity contribution in [2.24, 2.45) is 0 Å². The van der Waals surface area contributed by atoms with Gasteiger partial charge >= 0.3 is 5.97 Å². The number of ether oxygens (including phenoxy) is 2. The summed E-state index contributed by atoms with van der Waals surface area (Å²) in [5.41, 5.74) is 1.66. The Balaban J connectivity index is 2.18. The highest BCUT2D eigenvalue weighted by Crippen LogP contribution is 2.24. The van der Waals surface area contributed by atoms with E-state index in [1.807, 2.05) is 31.2 Å². The smallest absolute Gasteiger partial charge is 0.316 e. The van der Waals surface area contributed by atoms with Crippen molar-refractivity contribution >= 4 is 5.97 Å². The lowest BCUT2D eigenvalue weighted by atomic mass is 10.00. The lowest BCUT2D eigenvalue weighted by molar-refractivity contribution is -0.143. The molecule has 4 heteroatoms. The van der Waals surface area contributed by atoms with E-state index >= 15 is 0 Å². The van der Waals surface area contributed by atoms with Crippen LogP contribution in [-0.4, -0.2) is 24.8 Å². The largest absolute Gasteiger partial charge is 0.508 e. The molecule has 0 fully saturated rings. The van der Waals surface area contributed by atoms with E-state index in [0.29, 0.717) is 5.56 Å². The summed E-state index contributed by atoms with van der Waals surface area (Å²) in [6.45, 7) is 2.10. The van der Waals surface area contributed by atoms with E-state index in [1.54, 1.807) is 24.3 Å². The molecule has 0 saturated carbocycles. The maximum Gasteiger partial charge on any atom is 0.316 e. The van der Waals surface area contributed by atoms with Crippen LogP contribution in [0.1, 0.15) is 17.0 Å². The van der Waals surface area contributed by atoms with Gasteiger partial charge in [0.25, 0.3) is 0 Å². The van der Waals surface area contributed by atoms with Crippen LogP contribution in [0.3, 0.4) is 0 Å². The molecule has 0 spiro atoms. The SMILES string of the molecule is COC(=O)C(COc1ccccc1C)c1cccc(O)c1. The minimum absolute atomic E-state index is 0.109. The first-order valence-electron chi connectivity index (χ1n) is 6.67. The summed E-state index contributed by atoms with van der Waals surface area (Å²) in [5, 5.41) is 9.55. The standard InChI is InChI=1S/C17H18O4/c1-12-6-3-4-9-16(12)21-11-15(17(19)20-2)13-7-5-8-14(18)10-13/h3-10,15,18H,11H2,1-2H3. The molecular weight excluding hydrogens is 268 g/mol. The van der Waals surface area contributed by atoms with Crippen LogP contribution in [0.4, 0.5) is 0 Å². The van der Waals surface area contributed by atoms with Crippen LogP contribution < -0.4 is 4.74 Å². The molecule has 2 aromatic carbocycles. The third kappa shape index (κ3) is 3.75. The molecule has 110 valence electrons. The number of aromatic hydroxyl groups is 1. The summed E-state index contributed by atoms with van der Waals surface area (Å²) in [4.78, 5) is 11.9. The topological polar surface area (TPSA) is 55.8 Å². The van der Waals surface area contributed by atoms with Crippen molar-refractivity contribution in [1.82, 2.24) is 0 Å². The Hall–Kier alpha value is -2.49. The predicted octanol–water partition coefficient (Wildman–Crippen LogP) is 3.04. The number of methoxy groups -OCH3 is 1. The van der Waals surface area contributed by atoms with Gasteiger partial charge in [0.05, 0.1) is 7.11 Å².